The van der Waals surface area contributed by atoms with Crippen LogP contribution in [0.1, 0.15) is 37.7 Å². The molecule has 1 saturated carbocycles. The third-order valence-corrected chi connectivity index (χ3v) is 5.36. The Hall–Kier alpha value is -3.09. The molecule has 0 bridgehead atoms. The second kappa shape index (κ2) is 8.51. The molecule has 0 atom stereocenters. The number of hydrogen-bond acceptors (Lipinski definition) is 3. The lowest BCUT2D eigenvalue weighted by molar-refractivity contribution is -0.121. The van der Waals surface area contributed by atoms with Crippen LogP contribution in [0.25, 0.3) is 0 Å². The maximum atomic E-state index is 13.1. The van der Waals surface area contributed by atoms with Crippen molar-refractivity contribution in [3.05, 3.63) is 53.8 Å². The van der Waals surface area contributed by atoms with Crippen molar-refractivity contribution in [1.29, 1.82) is 0 Å². The van der Waals surface area contributed by atoms with E-state index in [1.54, 1.807) is 35.2 Å². The summed E-state index contributed by atoms with van der Waals surface area (Å²) in [5.41, 5.74) is 2.05. The van der Waals surface area contributed by atoms with Crippen LogP contribution in [-0.2, 0) is 11.3 Å². The molecule has 1 fully saturated rings. The topological polar surface area (TPSA) is 70.7 Å². The summed E-state index contributed by atoms with van der Waals surface area (Å²) in [5.74, 6) is 0.0458. The third-order valence-electron chi connectivity index (χ3n) is 5.36. The molecule has 2 aromatic rings. The van der Waals surface area contributed by atoms with Gasteiger partial charge in [-0.1, -0.05) is 31.4 Å². The largest absolute Gasteiger partial charge is 0.481 e. The van der Waals surface area contributed by atoms with E-state index < -0.39 is 0 Å². The van der Waals surface area contributed by atoms with Crippen LogP contribution in [-0.4, -0.2) is 24.6 Å². The number of fused-ring (bicyclic) bond motifs is 1. The van der Waals surface area contributed by atoms with Crippen molar-refractivity contribution in [2.75, 3.05) is 16.8 Å². The van der Waals surface area contributed by atoms with Crippen molar-refractivity contribution in [2.45, 2.75) is 44.7 Å². The van der Waals surface area contributed by atoms with E-state index in [0.717, 1.165) is 31.2 Å². The maximum Gasteiger partial charge on any atom is 0.319 e. The van der Waals surface area contributed by atoms with Crippen molar-refractivity contribution in [2.24, 2.45) is 0 Å². The molecule has 4 rings (SSSR count). The Morgan fingerprint density at radius 2 is 1.86 bits per heavy atom. The van der Waals surface area contributed by atoms with Crippen LogP contribution in [0.5, 0.6) is 5.75 Å². The Bertz CT molecular complexity index is 895. The van der Waals surface area contributed by atoms with Crippen molar-refractivity contribution in [1.82, 2.24) is 5.32 Å². The number of ether oxygens (including phenoxy) is 1. The molecular weight excluding hydrogens is 373 g/mol. The minimum absolute atomic E-state index is 0.0775. The Kier molecular flexibility index (Phi) is 5.64. The summed E-state index contributed by atoms with van der Waals surface area (Å²) in [6, 6.07) is 11.3. The number of carbonyl (C=O) groups excluding carboxylic acids is 2. The fourth-order valence-corrected chi connectivity index (χ4v) is 3.83. The summed E-state index contributed by atoms with van der Waals surface area (Å²) in [7, 11) is 0. The fourth-order valence-electron chi connectivity index (χ4n) is 3.83. The number of halogens is 1. The Morgan fingerprint density at radius 1 is 1.10 bits per heavy atom. The normalized spacial score (nSPS) is 16.7. The van der Waals surface area contributed by atoms with E-state index in [9.17, 15) is 14.0 Å². The Balaban J connectivity index is 1.45. The monoisotopic (exact) mass is 397 g/mol. The number of nitrogens with one attached hydrogen (secondary N) is 2. The number of urea groups is 1. The molecule has 2 N–H and O–H groups in total. The number of benzene rings is 2. The zero-order valence-corrected chi connectivity index (χ0v) is 16.1. The van der Waals surface area contributed by atoms with Crippen LogP contribution in [0.4, 0.5) is 20.6 Å². The number of rotatable bonds is 4. The van der Waals surface area contributed by atoms with Crippen LogP contribution < -0.4 is 20.3 Å². The number of carbonyl (C=O) groups is 2. The Labute approximate surface area is 169 Å². The average molecular weight is 397 g/mol. The number of amides is 3. The van der Waals surface area contributed by atoms with Crippen LogP contribution in [0.2, 0.25) is 0 Å². The lowest BCUT2D eigenvalue weighted by Gasteiger charge is -2.30. The fraction of sp³-hybridized carbons (Fsp3) is 0.364. The van der Waals surface area contributed by atoms with Gasteiger partial charge in [-0.3, -0.25) is 4.79 Å². The van der Waals surface area contributed by atoms with Gasteiger partial charge in [0.25, 0.3) is 5.91 Å². The van der Waals surface area contributed by atoms with E-state index in [4.69, 9.17) is 4.74 Å². The maximum absolute atomic E-state index is 13.1. The first kappa shape index (κ1) is 19.2. The van der Waals surface area contributed by atoms with E-state index in [0.29, 0.717) is 23.7 Å². The third kappa shape index (κ3) is 4.67. The molecule has 6 nitrogen and oxygen atoms in total. The van der Waals surface area contributed by atoms with Gasteiger partial charge in [0.15, 0.2) is 6.61 Å². The summed E-state index contributed by atoms with van der Waals surface area (Å²) >= 11 is 0. The van der Waals surface area contributed by atoms with E-state index >= 15 is 0 Å². The molecule has 0 aromatic heterocycles. The molecule has 1 aliphatic carbocycles. The lowest BCUT2D eigenvalue weighted by Crippen LogP contribution is -2.39. The van der Waals surface area contributed by atoms with Gasteiger partial charge < -0.3 is 20.3 Å². The molecule has 0 saturated heterocycles. The molecule has 1 heterocycles. The molecule has 152 valence electrons. The van der Waals surface area contributed by atoms with Crippen LogP contribution in [0, 0.1) is 5.82 Å². The molecule has 3 amide bonds. The van der Waals surface area contributed by atoms with Crippen molar-refractivity contribution in [3.63, 3.8) is 0 Å². The smallest absolute Gasteiger partial charge is 0.319 e. The van der Waals surface area contributed by atoms with Crippen LogP contribution in [0.3, 0.4) is 0 Å². The van der Waals surface area contributed by atoms with Gasteiger partial charge in [-0.15, -0.1) is 0 Å². The molecule has 29 heavy (non-hydrogen) atoms. The second-order valence-electron chi connectivity index (χ2n) is 7.51. The lowest BCUT2D eigenvalue weighted by atomic mass is 9.96. The number of hydrogen-bond donors (Lipinski definition) is 2. The summed E-state index contributed by atoms with van der Waals surface area (Å²) < 4.78 is 18.7. The average Bonchev–Trinajstić information content (AvgIpc) is 2.72. The quantitative estimate of drug-likeness (QED) is 0.812. The van der Waals surface area contributed by atoms with Crippen molar-refractivity contribution < 1.29 is 18.7 Å². The van der Waals surface area contributed by atoms with E-state index in [2.05, 4.69) is 10.6 Å². The zero-order chi connectivity index (χ0) is 20.2. The molecule has 0 radical (unpaired) electrons. The highest BCUT2D eigenvalue weighted by Crippen LogP contribution is 2.35. The highest BCUT2D eigenvalue weighted by Gasteiger charge is 2.26. The predicted molar refractivity (Wildman–Crippen MR) is 109 cm³/mol. The standard InChI is InChI=1S/C22H24FN3O3/c23-16-8-6-15(7-9-16)13-26-19-11-10-18(12-20(19)29-14-21(26)27)25-22(28)24-17-4-2-1-3-5-17/h6-12,17H,1-5,13-14H2,(H2,24,25,28). The molecule has 0 unspecified atom stereocenters. The van der Waals surface area contributed by atoms with Gasteiger partial charge in [-0.05, 0) is 42.7 Å². The summed E-state index contributed by atoms with van der Waals surface area (Å²) in [5, 5.41) is 5.86. The zero-order valence-electron chi connectivity index (χ0n) is 16.1. The van der Waals surface area contributed by atoms with E-state index in [-0.39, 0.29) is 30.4 Å². The molecule has 0 spiro atoms. The second-order valence-corrected chi connectivity index (χ2v) is 7.51. The van der Waals surface area contributed by atoms with Gasteiger partial charge in [0.1, 0.15) is 11.6 Å². The SMILES string of the molecule is O=C(Nc1ccc2c(c1)OCC(=O)N2Cc1ccc(F)cc1)NC1CCCCC1. The van der Waals surface area contributed by atoms with Gasteiger partial charge in [0.05, 0.1) is 12.2 Å². The summed E-state index contributed by atoms with van der Waals surface area (Å²) in [6.07, 6.45) is 5.56. The first-order valence-corrected chi connectivity index (χ1v) is 9.98. The van der Waals surface area contributed by atoms with Gasteiger partial charge >= 0.3 is 6.03 Å². The highest BCUT2D eigenvalue weighted by atomic mass is 19.1. The molecule has 2 aromatic carbocycles. The number of anilines is 2. The van der Waals surface area contributed by atoms with Crippen molar-refractivity contribution >= 4 is 23.3 Å². The molecule has 2 aliphatic rings. The van der Waals surface area contributed by atoms with Gasteiger partial charge in [-0.2, -0.15) is 0 Å². The van der Waals surface area contributed by atoms with Crippen LogP contribution >= 0.6 is 0 Å². The van der Waals surface area contributed by atoms with Gasteiger partial charge in [-0.25, -0.2) is 9.18 Å². The highest BCUT2D eigenvalue weighted by molar-refractivity contribution is 5.98. The molecule has 7 heteroatoms. The van der Waals surface area contributed by atoms with E-state index in [1.807, 2.05) is 0 Å². The Morgan fingerprint density at radius 3 is 2.62 bits per heavy atom. The number of nitrogens with zero attached hydrogens (tertiary/aromatic N) is 1. The van der Waals surface area contributed by atoms with E-state index in [1.165, 1.54) is 18.6 Å². The van der Waals surface area contributed by atoms with Gasteiger partial charge in [0, 0.05) is 17.8 Å². The van der Waals surface area contributed by atoms with Crippen LogP contribution in [0.15, 0.2) is 42.5 Å². The molecule has 1 aliphatic heterocycles. The first-order valence-electron chi connectivity index (χ1n) is 9.98. The minimum atomic E-state index is -0.315. The summed E-state index contributed by atoms with van der Waals surface area (Å²) in [4.78, 5) is 26.2. The van der Waals surface area contributed by atoms with Gasteiger partial charge in [0.2, 0.25) is 0 Å². The first-order chi connectivity index (χ1) is 14.1. The predicted octanol–water partition coefficient (Wildman–Crippen LogP) is 4.21. The molecular formula is C22H24FN3O3. The minimum Gasteiger partial charge on any atom is -0.481 e. The summed E-state index contributed by atoms with van der Waals surface area (Å²) in [6.45, 7) is 0.246. The van der Waals surface area contributed by atoms with Crippen molar-refractivity contribution in [3.8, 4) is 5.75 Å².